The molecule has 0 N–H and O–H groups in total. The van der Waals surface area contributed by atoms with E-state index in [1.54, 1.807) is 41.2 Å². The smallest absolute Gasteiger partial charge is 0.221 e. The second kappa shape index (κ2) is 41.4. The Labute approximate surface area is 723 Å². The molecule has 0 atom stereocenters. The molecule has 0 unspecified atom stereocenters. The third-order valence-electron chi connectivity index (χ3n) is 22.1. The van der Waals surface area contributed by atoms with Gasteiger partial charge in [-0.15, -0.1) is 0 Å². The summed E-state index contributed by atoms with van der Waals surface area (Å²) < 4.78 is 120. The van der Waals surface area contributed by atoms with Crippen molar-refractivity contribution in [3.05, 3.63) is 291 Å². The van der Waals surface area contributed by atoms with Crippen LogP contribution in [0.5, 0.6) is 51.7 Å². The summed E-state index contributed by atoms with van der Waals surface area (Å²) in [5.74, 6) is 6.15. The van der Waals surface area contributed by atoms with Gasteiger partial charge in [0.05, 0.1) is 76.5 Å². The lowest BCUT2D eigenvalue weighted by atomic mass is 9.90. The summed E-state index contributed by atoms with van der Waals surface area (Å²) in [6, 6.07) is 60.0. The third kappa shape index (κ3) is 20.9. The lowest BCUT2D eigenvalue weighted by molar-refractivity contribution is 0.0110. The largest absolute Gasteiger partial charge is 0.490 e. The minimum atomic E-state index is -0.884. The van der Waals surface area contributed by atoms with Gasteiger partial charge in [-0.05, 0) is 212 Å². The normalized spacial score (nSPS) is 14.2. The summed E-state index contributed by atoms with van der Waals surface area (Å²) >= 11 is 0. The fourth-order valence-corrected chi connectivity index (χ4v) is 15.6. The number of rotatable bonds is 18. The number of aryl methyl sites for hydroxylation is 7. The molecule has 0 saturated carbocycles. The lowest BCUT2D eigenvalue weighted by Gasteiger charge is -2.30. The van der Waals surface area contributed by atoms with Crippen LogP contribution in [0.2, 0.25) is 0 Å². The fourth-order valence-electron chi connectivity index (χ4n) is 15.6. The topological polar surface area (TPSA) is 169 Å². The maximum absolute atomic E-state index is 15.0. The molecule has 0 fully saturated rings. The number of halogens is 2. The van der Waals surface area contributed by atoms with Gasteiger partial charge >= 0.3 is 0 Å². The number of fused-ring (bicyclic) bond motifs is 9. The van der Waals surface area contributed by atoms with Crippen molar-refractivity contribution in [3.8, 4) is 74.2 Å². The van der Waals surface area contributed by atoms with Gasteiger partial charge in [0.25, 0.3) is 0 Å². The Bertz CT molecular complexity index is 6090. The van der Waals surface area contributed by atoms with E-state index in [0.29, 0.717) is 165 Å². The van der Waals surface area contributed by atoms with Crippen molar-refractivity contribution < 1.29 is 79.5 Å². The maximum atomic E-state index is 15.0. The first kappa shape index (κ1) is 88.3. The predicted molar refractivity (Wildman–Crippen MR) is 485 cm³/mol. The second-order valence-corrected chi connectivity index (χ2v) is 31.2. The summed E-state index contributed by atoms with van der Waals surface area (Å²) in [6.45, 7) is 33.4. The van der Waals surface area contributed by atoms with Gasteiger partial charge in [-0.25, -0.2) is 8.78 Å². The monoisotopic (exact) mass is 1680 g/mol. The zero-order valence-corrected chi connectivity index (χ0v) is 72.7. The van der Waals surface area contributed by atoms with E-state index in [-0.39, 0.29) is 24.4 Å². The lowest BCUT2D eigenvalue weighted by Crippen LogP contribution is -2.35. The first-order valence-electron chi connectivity index (χ1n) is 42.1. The first-order chi connectivity index (χ1) is 60.3. The van der Waals surface area contributed by atoms with Crippen molar-refractivity contribution in [2.45, 2.75) is 61.8 Å². The molecule has 646 valence electrons. The average molecular weight is 1680 g/mol. The average Bonchev–Trinajstić information content (AvgIpc) is 0.745. The van der Waals surface area contributed by atoms with E-state index >= 15 is 4.39 Å². The van der Waals surface area contributed by atoms with E-state index in [9.17, 15) is 9.18 Å². The number of methoxy groups -OCH3 is 3. The van der Waals surface area contributed by atoms with Gasteiger partial charge in [0.1, 0.15) is 115 Å². The molecule has 0 amide bonds. The summed E-state index contributed by atoms with van der Waals surface area (Å²) in [4.78, 5) is 19.1. The highest BCUT2D eigenvalue weighted by molar-refractivity contribution is 6.03. The van der Waals surface area contributed by atoms with Crippen LogP contribution in [-0.4, -0.2) is 153 Å². The molecule has 6 aliphatic rings. The molecule has 1 aliphatic carbocycles. The second-order valence-electron chi connectivity index (χ2n) is 31.2. The van der Waals surface area contributed by atoms with Crippen molar-refractivity contribution in [2.75, 3.05) is 168 Å². The summed E-state index contributed by atoms with van der Waals surface area (Å²) in [7, 11) is 5.06. The number of nitrogens with zero attached hydrogens (tertiary/aromatic N) is 3. The zero-order chi connectivity index (χ0) is 86.9. The van der Waals surface area contributed by atoms with Crippen molar-refractivity contribution in [3.63, 3.8) is 0 Å². The van der Waals surface area contributed by atoms with Crippen molar-refractivity contribution in [2.24, 2.45) is 0 Å². The van der Waals surface area contributed by atoms with Gasteiger partial charge < -0.3 is 85.4 Å². The van der Waals surface area contributed by atoms with Crippen molar-refractivity contribution >= 4 is 52.3 Å². The molecule has 21 heteroatoms. The highest BCUT2D eigenvalue weighted by atomic mass is 19.1. The van der Waals surface area contributed by atoms with Crippen molar-refractivity contribution in [1.82, 2.24) is 0 Å². The van der Waals surface area contributed by atoms with Crippen LogP contribution in [0, 0.1) is 60.1 Å². The summed E-state index contributed by atoms with van der Waals surface area (Å²) in [5, 5.41) is 4.36. The van der Waals surface area contributed by atoms with Crippen LogP contribution >= 0.6 is 0 Å². The standard InChI is InChI=1S/C38H42N2O6.C33H37F2NO7.C32H30O3/c1-26-6-10-30-34(20-26)46-35-21-27(2)7-11-31(35)38(30)29-9-13-33-37(23-29)45-19-18-44-36-22-28(3)8-12-32(36)39(14-16-41-4)24-43-25-40(33)15-17-42-5;1-4-23-32(37)27(35)20-25-31(24-19-26(34)21(2)17-29(24)43-33(23)25)22-5-6-28-30(18-22)42-16-15-41-14-13-40-12-11-39-10-8-36(28)7-9-38-3;1-20-6-9-23(4)28(16-20)33-14-15-34-29-19-25(11-10-24(29)5)32-26-12-7-21(2)17-30(26)35-31-18-22(3)8-13-27(31)32/h6-13,20-23H,1,14-19,24-25H2,2-5H3;5-6,17-20H,4,7-16H2,1-3H3;6-13,16-19H,2,14-15H2,1,3-5H3. The quantitative estimate of drug-likeness (QED) is 0.0587. The Balaban J connectivity index is 0.000000153. The van der Waals surface area contributed by atoms with Gasteiger partial charge in [-0.1, -0.05) is 111 Å². The SMILES string of the molecule is C=c1ccc2c(c1)Oc1cc(C)ccc1C=2c1ccc(C)c(OCCOc2cc(C)ccc2C)c1.C=c1ccc2c(c1)Oc1cc(C)ccc1C=2c1ccc2c(c1)OCCOc1cc(C)ccc1N(CCOC)COCN2CCOC.CCc1c2oc3cc(C)c(F)cc3c(-c3ccc4c(c3)OCCOCCOCCOCCN4CCOC)c-2cc(F)c1=O. The van der Waals surface area contributed by atoms with E-state index in [1.807, 2.05) is 42.5 Å². The van der Waals surface area contributed by atoms with Crippen LogP contribution in [0.4, 0.5) is 25.8 Å². The third-order valence-corrected chi connectivity index (χ3v) is 22.1. The fraction of sp³-hybridized carbons (Fsp3) is 0.311. The minimum absolute atomic E-state index is 0.234. The van der Waals surface area contributed by atoms with Gasteiger partial charge in [0, 0.05) is 102 Å². The Morgan fingerprint density at radius 3 is 1.42 bits per heavy atom. The molecule has 5 heterocycles. The Kier molecular flexibility index (Phi) is 29.5. The molecule has 5 aliphatic heterocycles. The van der Waals surface area contributed by atoms with Gasteiger partial charge in [-0.3, -0.25) is 4.79 Å². The minimum Gasteiger partial charge on any atom is -0.490 e. The molecule has 0 spiro atoms. The van der Waals surface area contributed by atoms with Crippen LogP contribution in [0.1, 0.15) is 73.7 Å². The van der Waals surface area contributed by atoms with E-state index < -0.39 is 17.1 Å². The van der Waals surface area contributed by atoms with Crippen LogP contribution < -0.4 is 74.2 Å². The molecule has 19 nitrogen and oxygen atoms in total. The highest BCUT2D eigenvalue weighted by Gasteiger charge is 2.29. The molecule has 0 radical (unpaired) electrons. The molecule has 10 aromatic carbocycles. The van der Waals surface area contributed by atoms with Gasteiger partial charge in [-0.2, -0.15) is 0 Å². The molecule has 0 bridgehead atoms. The van der Waals surface area contributed by atoms with Crippen LogP contribution in [0.25, 0.3) is 57.7 Å². The molecule has 124 heavy (non-hydrogen) atoms. The van der Waals surface area contributed by atoms with Crippen LogP contribution in [0.15, 0.2) is 191 Å². The van der Waals surface area contributed by atoms with Crippen LogP contribution in [-0.2, 0) is 39.6 Å². The number of hydrogen-bond donors (Lipinski definition) is 0. The Morgan fingerprint density at radius 2 is 0.847 bits per heavy atom. The number of benzene rings is 11. The molecular formula is C103H109F2N3O16. The highest BCUT2D eigenvalue weighted by Crippen LogP contribution is 2.47. The number of ether oxygens (including phenoxy) is 14. The predicted octanol–water partition coefficient (Wildman–Crippen LogP) is 17.1. The van der Waals surface area contributed by atoms with Gasteiger partial charge in [0.15, 0.2) is 5.82 Å². The number of hydrogen-bond acceptors (Lipinski definition) is 19. The number of anilines is 3. The van der Waals surface area contributed by atoms with E-state index in [1.165, 1.54) is 17.7 Å². The van der Waals surface area contributed by atoms with Crippen molar-refractivity contribution in [1.29, 1.82) is 0 Å². The zero-order valence-electron chi connectivity index (χ0n) is 72.7. The van der Waals surface area contributed by atoms with Gasteiger partial charge in [0.2, 0.25) is 5.43 Å². The first-order valence-corrected chi connectivity index (χ1v) is 42.1. The molecule has 10 aromatic rings. The molecule has 16 rings (SSSR count). The summed E-state index contributed by atoms with van der Waals surface area (Å²) in [5.41, 5.74) is 17.9. The molecule has 0 saturated heterocycles. The summed E-state index contributed by atoms with van der Waals surface area (Å²) in [6.07, 6.45) is 0.274. The maximum Gasteiger partial charge on any atom is 0.221 e. The Morgan fingerprint density at radius 1 is 0.395 bits per heavy atom. The molecule has 0 aromatic heterocycles. The Hall–Kier alpha value is -12.1. The van der Waals surface area contributed by atoms with E-state index in [0.717, 1.165) is 145 Å². The van der Waals surface area contributed by atoms with E-state index in [2.05, 4.69) is 191 Å². The van der Waals surface area contributed by atoms with E-state index in [4.69, 9.17) is 70.7 Å². The molecular weight excluding hydrogens is 1570 g/mol. The van der Waals surface area contributed by atoms with Crippen LogP contribution in [0.3, 0.4) is 0 Å².